The third kappa shape index (κ3) is 2.07. The van der Waals surface area contributed by atoms with Gasteiger partial charge in [-0.1, -0.05) is 6.07 Å². The molecule has 15 heavy (non-hydrogen) atoms. The van der Waals surface area contributed by atoms with Crippen LogP contribution in [0.15, 0.2) is 24.3 Å². The molecule has 1 aromatic heterocycles. The molecule has 2 rings (SSSR count). The summed E-state index contributed by atoms with van der Waals surface area (Å²) in [6.07, 6.45) is 2.46. The zero-order valence-electron chi connectivity index (χ0n) is 8.36. The predicted octanol–water partition coefficient (Wildman–Crippen LogP) is 1.91. The normalized spacial score (nSPS) is 10.7. The Morgan fingerprint density at radius 2 is 2.20 bits per heavy atom. The highest BCUT2D eigenvalue weighted by molar-refractivity contribution is 5.88. The van der Waals surface area contributed by atoms with E-state index in [9.17, 15) is 4.79 Å². The quantitative estimate of drug-likeness (QED) is 0.746. The summed E-state index contributed by atoms with van der Waals surface area (Å²) < 4.78 is 0. The van der Waals surface area contributed by atoms with E-state index in [1.165, 1.54) is 5.56 Å². The van der Waals surface area contributed by atoms with Gasteiger partial charge in [-0.15, -0.1) is 0 Å². The van der Waals surface area contributed by atoms with E-state index in [0.717, 1.165) is 30.0 Å². The van der Waals surface area contributed by atoms with Crippen LogP contribution in [0.2, 0.25) is 0 Å². The molecule has 2 N–H and O–H groups in total. The van der Waals surface area contributed by atoms with Crippen LogP contribution in [0, 0.1) is 0 Å². The van der Waals surface area contributed by atoms with E-state index in [-0.39, 0.29) is 6.61 Å². The molecule has 1 heterocycles. The number of aliphatic hydroxyl groups is 1. The second kappa shape index (κ2) is 4.28. The highest BCUT2D eigenvalue weighted by Gasteiger charge is 2.00. The fourth-order valence-electron chi connectivity index (χ4n) is 1.71. The number of H-pyrrole nitrogens is 1. The number of nitrogens with one attached hydrogen (secondary N) is 1. The molecule has 0 radical (unpaired) electrons. The predicted molar refractivity (Wildman–Crippen MR) is 59.1 cm³/mol. The Bertz CT molecular complexity index is 473. The second-order valence-electron chi connectivity index (χ2n) is 3.59. The smallest absolute Gasteiger partial charge is 0.166 e. The summed E-state index contributed by atoms with van der Waals surface area (Å²) in [4.78, 5) is 13.6. The third-order valence-corrected chi connectivity index (χ3v) is 2.46. The average Bonchev–Trinajstić information content (AvgIpc) is 2.68. The first-order chi connectivity index (χ1) is 7.33. The van der Waals surface area contributed by atoms with Gasteiger partial charge in [0.05, 0.1) is 5.69 Å². The monoisotopic (exact) mass is 203 g/mol. The fraction of sp³-hybridized carbons (Fsp3) is 0.250. The molecule has 1 aromatic carbocycles. The number of hydrogen-bond acceptors (Lipinski definition) is 2. The van der Waals surface area contributed by atoms with Crippen molar-refractivity contribution in [2.75, 3.05) is 6.61 Å². The van der Waals surface area contributed by atoms with Crippen molar-refractivity contribution in [1.82, 2.24) is 4.98 Å². The van der Waals surface area contributed by atoms with E-state index in [1.54, 1.807) is 0 Å². The molecule has 0 bridgehead atoms. The molecule has 0 amide bonds. The lowest BCUT2D eigenvalue weighted by Gasteiger charge is -1.99. The maximum Gasteiger partial charge on any atom is 0.166 e. The van der Waals surface area contributed by atoms with Gasteiger partial charge in [0.25, 0.3) is 0 Å². The molecule has 78 valence electrons. The van der Waals surface area contributed by atoms with Crippen molar-refractivity contribution >= 4 is 17.2 Å². The van der Waals surface area contributed by atoms with Crippen LogP contribution in [-0.2, 0) is 6.42 Å². The molecule has 2 aromatic rings. The largest absolute Gasteiger partial charge is 0.396 e. The van der Waals surface area contributed by atoms with Crippen LogP contribution in [0.25, 0.3) is 10.9 Å². The minimum atomic E-state index is 0.213. The summed E-state index contributed by atoms with van der Waals surface area (Å²) in [6, 6.07) is 7.87. The van der Waals surface area contributed by atoms with Gasteiger partial charge in [0.2, 0.25) is 0 Å². The first kappa shape index (κ1) is 9.93. The number of benzene rings is 1. The number of fused-ring (bicyclic) bond motifs is 1. The molecule has 0 saturated heterocycles. The Labute approximate surface area is 87.7 Å². The molecular formula is C12H13NO2. The maximum absolute atomic E-state index is 10.6. The molecular weight excluding hydrogens is 190 g/mol. The summed E-state index contributed by atoms with van der Waals surface area (Å²) >= 11 is 0. The highest BCUT2D eigenvalue weighted by Crippen LogP contribution is 2.17. The Hall–Kier alpha value is -1.61. The van der Waals surface area contributed by atoms with Gasteiger partial charge in [-0.05, 0) is 36.6 Å². The van der Waals surface area contributed by atoms with Gasteiger partial charge in [-0.3, -0.25) is 4.79 Å². The van der Waals surface area contributed by atoms with E-state index >= 15 is 0 Å². The zero-order valence-corrected chi connectivity index (χ0v) is 8.36. The van der Waals surface area contributed by atoms with Gasteiger partial charge in [0, 0.05) is 17.5 Å². The van der Waals surface area contributed by atoms with Crippen LogP contribution in [0.5, 0.6) is 0 Å². The summed E-state index contributed by atoms with van der Waals surface area (Å²) in [5.41, 5.74) is 2.77. The van der Waals surface area contributed by atoms with Gasteiger partial charge in [0.1, 0.15) is 0 Å². The number of aldehydes is 1. The van der Waals surface area contributed by atoms with Gasteiger partial charge >= 0.3 is 0 Å². The minimum Gasteiger partial charge on any atom is -0.396 e. The van der Waals surface area contributed by atoms with E-state index in [4.69, 9.17) is 5.11 Å². The van der Waals surface area contributed by atoms with Crippen molar-refractivity contribution in [3.63, 3.8) is 0 Å². The molecule has 0 aliphatic heterocycles. The van der Waals surface area contributed by atoms with Crippen LogP contribution >= 0.6 is 0 Å². The van der Waals surface area contributed by atoms with Crippen LogP contribution in [0.1, 0.15) is 22.5 Å². The highest BCUT2D eigenvalue weighted by atomic mass is 16.2. The fourth-order valence-corrected chi connectivity index (χ4v) is 1.71. The van der Waals surface area contributed by atoms with Crippen molar-refractivity contribution < 1.29 is 9.90 Å². The van der Waals surface area contributed by atoms with Gasteiger partial charge < -0.3 is 10.1 Å². The van der Waals surface area contributed by atoms with Crippen molar-refractivity contribution in [1.29, 1.82) is 0 Å². The first-order valence-electron chi connectivity index (χ1n) is 5.01. The average molecular weight is 203 g/mol. The number of aromatic nitrogens is 1. The number of aromatic amines is 1. The van der Waals surface area contributed by atoms with E-state index in [1.807, 2.05) is 18.2 Å². The summed E-state index contributed by atoms with van der Waals surface area (Å²) in [7, 11) is 0. The van der Waals surface area contributed by atoms with E-state index in [0.29, 0.717) is 5.69 Å². The van der Waals surface area contributed by atoms with E-state index in [2.05, 4.69) is 11.1 Å². The second-order valence-corrected chi connectivity index (χ2v) is 3.59. The standard InChI is InChI=1S/C12H13NO2/c14-5-1-2-9-3-4-12-10(6-9)7-11(8-15)13-12/h3-4,6-8,13-14H,1-2,5H2. The SMILES string of the molecule is O=Cc1cc2cc(CCCO)ccc2[nH]1. The van der Waals surface area contributed by atoms with Crippen LogP contribution < -0.4 is 0 Å². The van der Waals surface area contributed by atoms with Gasteiger partial charge in [-0.2, -0.15) is 0 Å². The van der Waals surface area contributed by atoms with Crippen molar-refractivity contribution in [3.8, 4) is 0 Å². The third-order valence-electron chi connectivity index (χ3n) is 2.46. The van der Waals surface area contributed by atoms with Crippen LogP contribution in [-0.4, -0.2) is 23.0 Å². The molecule has 0 aliphatic carbocycles. The Balaban J connectivity index is 2.33. The van der Waals surface area contributed by atoms with Crippen molar-refractivity contribution in [3.05, 3.63) is 35.5 Å². The molecule has 3 heteroatoms. The minimum absolute atomic E-state index is 0.213. The van der Waals surface area contributed by atoms with Gasteiger partial charge in [0.15, 0.2) is 6.29 Å². The molecule has 0 aliphatic rings. The summed E-state index contributed by atoms with van der Waals surface area (Å²) in [5.74, 6) is 0. The summed E-state index contributed by atoms with van der Waals surface area (Å²) in [6.45, 7) is 0.213. The first-order valence-corrected chi connectivity index (χ1v) is 5.01. The van der Waals surface area contributed by atoms with Crippen molar-refractivity contribution in [2.24, 2.45) is 0 Å². The number of carbonyl (C=O) groups is 1. The number of hydrogen-bond donors (Lipinski definition) is 2. The van der Waals surface area contributed by atoms with E-state index < -0.39 is 0 Å². The lowest BCUT2D eigenvalue weighted by Crippen LogP contribution is -1.88. The van der Waals surface area contributed by atoms with Crippen LogP contribution in [0.4, 0.5) is 0 Å². The molecule has 0 saturated carbocycles. The lowest BCUT2D eigenvalue weighted by atomic mass is 10.1. The molecule has 3 nitrogen and oxygen atoms in total. The molecule has 0 unspecified atom stereocenters. The Morgan fingerprint density at radius 1 is 1.33 bits per heavy atom. The molecule has 0 atom stereocenters. The molecule has 0 fully saturated rings. The topological polar surface area (TPSA) is 53.1 Å². The Kier molecular flexibility index (Phi) is 2.83. The Morgan fingerprint density at radius 3 is 2.93 bits per heavy atom. The molecule has 0 spiro atoms. The summed E-state index contributed by atoms with van der Waals surface area (Å²) in [5, 5.41) is 9.78. The number of aryl methyl sites for hydroxylation is 1. The number of rotatable bonds is 4. The number of aliphatic hydroxyl groups excluding tert-OH is 1. The maximum atomic E-state index is 10.6. The van der Waals surface area contributed by atoms with Gasteiger partial charge in [-0.25, -0.2) is 0 Å². The zero-order chi connectivity index (χ0) is 10.7. The lowest BCUT2D eigenvalue weighted by molar-refractivity contribution is 0.112. The van der Waals surface area contributed by atoms with Crippen LogP contribution in [0.3, 0.4) is 0 Å². The van der Waals surface area contributed by atoms with Crippen molar-refractivity contribution in [2.45, 2.75) is 12.8 Å². The number of carbonyl (C=O) groups excluding carboxylic acids is 1.